The number of nitrogens with zero attached hydrogens (tertiary/aromatic N) is 5. The van der Waals surface area contributed by atoms with Crippen LogP contribution in [0.1, 0.15) is 43.4 Å². The van der Waals surface area contributed by atoms with E-state index in [1.807, 2.05) is 0 Å². The highest BCUT2D eigenvalue weighted by Gasteiger charge is 2.49. The Kier molecular flexibility index (Phi) is 5.99. The summed E-state index contributed by atoms with van der Waals surface area (Å²) in [5.74, 6) is 0.175. The van der Waals surface area contributed by atoms with Crippen molar-refractivity contribution < 1.29 is 17.7 Å². The molecule has 0 radical (unpaired) electrons. The number of benzene rings is 1. The number of thiazole rings is 1. The summed E-state index contributed by atoms with van der Waals surface area (Å²) in [5.41, 5.74) is 7.52. The van der Waals surface area contributed by atoms with Crippen LogP contribution in [0.2, 0.25) is 0 Å². The molecule has 14 heteroatoms. The minimum absolute atomic E-state index is 0.185. The fourth-order valence-corrected chi connectivity index (χ4v) is 9.14. The van der Waals surface area contributed by atoms with Gasteiger partial charge >= 0.3 is 6.01 Å². The third kappa shape index (κ3) is 4.29. The zero-order valence-corrected chi connectivity index (χ0v) is 23.9. The first-order chi connectivity index (χ1) is 19.8. The van der Waals surface area contributed by atoms with Crippen molar-refractivity contribution in [3.05, 3.63) is 29.2 Å². The maximum Gasteiger partial charge on any atom is 0.319 e. The van der Waals surface area contributed by atoms with Gasteiger partial charge in [0, 0.05) is 43.7 Å². The number of fused-ring (bicyclic) bond motifs is 5. The lowest BCUT2D eigenvalue weighted by atomic mass is 9.95. The minimum atomic E-state index is -1.70. The predicted octanol–water partition coefficient (Wildman–Crippen LogP) is 2.83. The normalized spacial score (nSPS) is 30.8. The fourth-order valence-electron chi connectivity index (χ4n) is 7.27. The Morgan fingerprint density at radius 1 is 1.20 bits per heavy atom. The van der Waals surface area contributed by atoms with Crippen molar-refractivity contribution in [1.82, 2.24) is 29.9 Å². The predicted molar refractivity (Wildman–Crippen MR) is 154 cm³/mol. The van der Waals surface area contributed by atoms with E-state index in [9.17, 15) is 13.0 Å². The lowest BCUT2D eigenvalue weighted by Crippen LogP contribution is -2.52. The lowest BCUT2D eigenvalue weighted by molar-refractivity contribution is 0.107. The van der Waals surface area contributed by atoms with E-state index in [2.05, 4.69) is 24.8 Å². The Labute approximate surface area is 242 Å². The molecule has 0 saturated carbocycles. The maximum absolute atomic E-state index is 14.5. The highest BCUT2D eigenvalue weighted by atomic mass is 32.2. The van der Waals surface area contributed by atoms with Crippen LogP contribution in [0.3, 0.4) is 0 Å². The van der Waals surface area contributed by atoms with Crippen LogP contribution in [0, 0.1) is 5.82 Å². The molecule has 4 N–H and O–H groups in total. The molecule has 4 fully saturated rings. The van der Waals surface area contributed by atoms with Crippen molar-refractivity contribution in [3.63, 3.8) is 0 Å². The monoisotopic (exact) mass is 600 g/mol. The third-order valence-electron chi connectivity index (χ3n) is 9.07. The number of nitrogens with two attached hydrogens (primary N) is 1. The van der Waals surface area contributed by atoms with Crippen LogP contribution in [0.15, 0.2) is 17.0 Å². The van der Waals surface area contributed by atoms with Crippen LogP contribution in [0.4, 0.5) is 19.7 Å². The van der Waals surface area contributed by atoms with Crippen LogP contribution < -0.4 is 25.4 Å². The van der Waals surface area contributed by atoms with Gasteiger partial charge in [-0.05, 0) is 50.4 Å². The first-order valence-electron chi connectivity index (χ1n) is 14.1. The van der Waals surface area contributed by atoms with Crippen LogP contribution in [-0.4, -0.2) is 80.6 Å². The standard InChI is InChI=1S/C27H30F2N8O2S2/c28-14-9-27(6-1-7-37(27)10-14)13-39-26-32-20-8-19(17-4-5-18(29)22-21(17)33-25(30)40-22)35-41(38)23(20)24(34-26)36-11-15-2-3-16(12-36)31-15/h4-5,8,14-16,31,35H,1-3,6-7,9-13H2,(H2,30,33)/t14-,15?,16?,27+,41?/m1/s1. The van der Waals surface area contributed by atoms with Crippen molar-refractivity contribution in [2.75, 3.05) is 43.4 Å². The average Bonchev–Trinajstić information content (AvgIpc) is 3.69. The van der Waals surface area contributed by atoms with Crippen LogP contribution >= 0.6 is 11.3 Å². The Hall–Kier alpha value is -2.94. The number of alkyl halides is 1. The van der Waals surface area contributed by atoms with Crippen LogP contribution in [0.25, 0.3) is 22.0 Å². The van der Waals surface area contributed by atoms with Crippen LogP contribution in [0.5, 0.6) is 6.01 Å². The molecule has 10 nitrogen and oxygen atoms in total. The summed E-state index contributed by atoms with van der Waals surface area (Å²) >= 11 is 1.07. The molecule has 3 aromatic rings. The number of nitrogen functional groups attached to an aromatic ring is 1. The Morgan fingerprint density at radius 2 is 2.02 bits per heavy atom. The SMILES string of the molecule is Nc1nc2c(C3=Cc4nc(OC[C@@]56CCCN5C[C@H](F)C6)nc(N5CC6CCC(C5)N6)c4S(=O)N3)ccc(F)c2s1. The van der Waals surface area contributed by atoms with Crippen molar-refractivity contribution in [2.24, 2.45) is 0 Å². The van der Waals surface area contributed by atoms with Crippen molar-refractivity contribution in [1.29, 1.82) is 0 Å². The Bertz CT molecular complexity index is 1610. The van der Waals surface area contributed by atoms with Gasteiger partial charge < -0.3 is 25.4 Å². The average molecular weight is 601 g/mol. The quantitative estimate of drug-likeness (QED) is 0.406. The first kappa shape index (κ1) is 25.7. The third-order valence-corrected chi connectivity index (χ3v) is 11.1. The summed E-state index contributed by atoms with van der Waals surface area (Å²) in [4.78, 5) is 18.8. The Balaban J connectivity index is 1.21. The summed E-state index contributed by atoms with van der Waals surface area (Å²) in [6.45, 7) is 3.09. The second kappa shape index (κ2) is 9.54. The molecule has 5 aliphatic heterocycles. The van der Waals surface area contributed by atoms with Gasteiger partial charge in [-0.25, -0.2) is 18.0 Å². The molecule has 7 heterocycles. The van der Waals surface area contributed by atoms with Gasteiger partial charge in [-0.15, -0.1) is 0 Å². The van der Waals surface area contributed by atoms with Crippen molar-refractivity contribution in [2.45, 2.75) is 60.8 Å². The van der Waals surface area contributed by atoms with Gasteiger partial charge in [-0.2, -0.15) is 9.97 Å². The highest BCUT2D eigenvalue weighted by Crippen LogP contribution is 2.41. The Morgan fingerprint density at radius 3 is 2.85 bits per heavy atom. The van der Waals surface area contributed by atoms with E-state index in [4.69, 9.17) is 20.4 Å². The molecule has 2 bridgehead atoms. The number of aromatic nitrogens is 3. The lowest BCUT2D eigenvalue weighted by Gasteiger charge is -2.35. The van der Waals surface area contributed by atoms with Crippen molar-refractivity contribution >= 4 is 55.3 Å². The van der Waals surface area contributed by atoms with E-state index < -0.39 is 23.0 Å². The zero-order chi connectivity index (χ0) is 27.9. The molecule has 5 aliphatic rings. The number of hydrogen-bond donors (Lipinski definition) is 3. The van der Waals surface area contributed by atoms with E-state index in [0.717, 1.165) is 56.7 Å². The maximum atomic E-state index is 14.5. The number of piperazine rings is 1. The summed E-state index contributed by atoms with van der Waals surface area (Å²) < 4.78 is 52.4. The van der Waals surface area contributed by atoms with Crippen molar-refractivity contribution in [3.8, 4) is 6.01 Å². The molecule has 3 unspecified atom stereocenters. The summed E-state index contributed by atoms with van der Waals surface area (Å²) in [5, 5.41) is 3.88. The molecule has 4 saturated heterocycles. The van der Waals surface area contributed by atoms with E-state index in [-0.39, 0.29) is 16.7 Å². The van der Waals surface area contributed by atoms with Gasteiger partial charge in [0.15, 0.2) is 21.9 Å². The molecular weight excluding hydrogens is 570 g/mol. The molecule has 41 heavy (non-hydrogen) atoms. The molecule has 216 valence electrons. The van der Waals surface area contributed by atoms with Crippen LogP contribution in [-0.2, 0) is 11.0 Å². The molecule has 2 aromatic heterocycles. The number of rotatable bonds is 5. The van der Waals surface area contributed by atoms with E-state index in [1.54, 1.807) is 12.1 Å². The molecule has 0 spiro atoms. The van der Waals surface area contributed by atoms with E-state index in [1.165, 1.54) is 6.07 Å². The first-order valence-corrected chi connectivity index (χ1v) is 16.0. The summed E-state index contributed by atoms with van der Waals surface area (Å²) in [7, 11) is -1.70. The van der Waals surface area contributed by atoms with Gasteiger partial charge in [-0.1, -0.05) is 11.3 Å². The minimum Gasteiger partial charge on any atom is -0.461 e. The summed E-state index contributed by atoms with van der Waals surface area (Å²) in [6, 6.07) is 3.83. The number of anilines is 2. The number of halogens is 2. The number of hydrogen-bond acceptors (Lipinski definition) is 10. The summed E-state index contributed by atoms with van der Waals surface area (Å²) in [6.07, 6.45) is 5.44. The zero-order valence-electron chi connectivity index (χ0n) is 22.2. The van der Waals surface area contributed by atoms with Gasteiger partial charge in [0.2, 0.25) is 0 Å². The molecule has 1 aromatic carbocycles. The molecule has 8 rings (SSSR count). The second-order valence-corrected chi connectivity index (χ2v) is 13.9. The number of ether oxygens (including phenoxy) is 1. The largest absolute Gasteiger partial charge is 0.461 e. The highest BCUT2D eigenvalue weighted by molar-refractivity contribution is 7.83. The van der Waals surface area contributed by atoms with Gasteiger partial charge in [0.1, 0.15) is 23.5 Å². The smallest absolute Gasteiger partial charge is 0.319 e. The second-order valence-electron chi connectivity index (χ2n) is 11.7. The number of nitrogens with one attached hydrogen (secondary N) is 2. The van der Waals surface area contributed by atoms with E-state index >= 15 is 0 Å². The molecular formula is C27H30F2N8O2S2. The van der Waals surface area contributed by atoms with Gasteiger partial charge in [-0.3, -0.25) is 4.90 Å². The molecule has 0 aliphatic carbocycles. The molecule has 5 atom stereocenters. The topological polar surface area (TPSA) is 122 Å². The fraction of sp³-hybridized carbons (Fsp3) is 0.519. The van der Waals surface area contributed by atoms with Gasteiger partial charge in [0.25, 0.3) is 0 Å². The van der Waals surface area contributed by atoms with Gasteiger partial charge in [0.05, 0.1) is 27.1 Å². The molecule has 0 amide bonds. The van der Waals surface area contributed by atoms with E-state index in [0.29, 0.717) is 69.5 Å².